The number of nitrogens with zero attached hydrogens (tertiary/aromatic N) is 2. The van der Waals surface area contributed by atoms with Gasteiger partial charge in [-0.05, 0) is 76.1 Å². The maximum absolute atomic E-state index is 13.5. The first-order valence-electron chi connectivity index (χ1n) is 10.7. The number of sulfonamides is 1. The van der Waals surface area contributed by atoms with E-state index in [1.54, 1.807) is 56.3 Å². The van der Waals surface area contributed by atoms with Crippen molar-refractivity contribution in [2.45, 2.75) is 52.7 Å². The van der Waals surface area contributed by atoms with Crippen LogP contribution in [0.25, 0.3) is 0 Å². The molecule has 0 saturated heterocycles. The normalized spacial score (nSPS) is 12.7. The van der Waals surface area contributed by atoms with Crippen LogP contribution in [-0.2, 0) is 26.2 Å². The summed E-state index contributed by atoms with van der Waals surface area (Å²) in [6.45, 7) is 8.46. The summed E-state index contributed by atoms with van der Waals surface area (Å²) in [5.74, 6) is -0.882. The van der Waals surface area contributed by atoms with E-state index < -0.39 is 34.1 Å². The van der Waals surface area contributed by atoms with Gasteiger partial charge in [-0.1, -0.05) is 35.3 Å². The number of amides is 2. The van der Waals surface area contributed by atoms with Crippen LogP contribution in [0.3, 0.4) is 0 Å². The number of anilines is 1. The molecular formula is C24H31Cl2N3O4S. The first-order chi connectivity index (χ1) is 15.6. The molecule has 0 radical (unpaired) electrons. The Kier molecular flexibility index (Phi) is 9.02. The Labute approximate surface area is 212 Å². The molecule has 0 bridgehead atoms. The molecule has 0 aliphatic heterocycles. The van der Waals surface area contributed by atoms with Gasteiger partial charge < -0.3 is 10.2 Å². The molecular weight excluding hydrogens is 497 g/mol. The molecule has 0 aromatic heterocycles. The highest BCUT2D eigenvalue weighted by Gasteiger charge is 2.31. The smallest absolute Gasteiger partial charge is 0.244 e. The Morgan fingerprint density at radius 1 is 1.06 bits per heavy atom. The highest BCUT2D eigenvalue weighted by Crippen LogP contribution is 2.26. The molecule has 0 saturated carbocycles. The second kappa shape index (κ2) is 11.0. The molecule has 10 heteroatoms. The first kappa shape index (κ1) is 28.0. The number of hydrogen-bond acceptors (Lipinski definition) is 4. The lowest BCUT2D eigenvalue weighted by molar-refractivity contribution is -0.140. The number of carbonyl (C=O) groups excluding carboxylic acids is 2. The van der Waals surface area contributed by atoms with Crippen LogP contribution >= 0.6 is 23.2 Å². The molecule has 186 valence electrons. The molecule has 7 nitrogen and oxygen atoms in total. The number of carbonyl (C=O) groups is 2. The minimum atomic E-state index is -3.82. The average Bonchev–Trinajstić information content (AvgIpc) is 2.68. The largest absolute Gasteiger partial charge is 0.350 e. The molecule has 1 atom stereocenters. The molecule has 2 aromatic carbocycles. The van der Waals surface area contributed by atoms with Crippen molar-refractivity contribution in [2.75, 3.05) is 17.1 Å². The van der Waals surface area contributed by atoms with Gasteiger partial charge in [-0.2, -0.15) is 0 Å². The van der Waals surface area contributed by atoms with E-state index in [0.717, 1.165) is 10.6 Å². The molecule has 0 spiro atoms. The van der Waals surface area contributed by atoms with Crippen LogP contribution in [0.4, 0.5) is 5.69 Å². The lowest BCUT2D eigenvalue weighted by Crippen LogP contribution is -2.54. The summed E-state index contributed by atoms with van der Waals surface area (Å²) in [6.07, 6.45) is 1.03. The minimum Gasteiger partial charge on any atom is -0.350 e. The fourth-order valence-electron chi connectivity index (χ4n) is 3.38. The molecule has 34 heavy (non-hydrogen) atoms. The van der Waals surface area contributed by atoms with E-state index in [4.69, 9.17) is 23.2 Å². The fraction of sp³-hybridized carbons (Fsp3) is 0.417. The van der Waals surface area contributed by atoms with Crippen LogP contribution in [-0.4, -0.2) is 49.5 Å². The van der Waals surface area contributed by atoms with Gasteiger partial charge in [0.2, 0.25) is 21.8 Å². The first-order valence-corrected chi connectivity index (χ1v) is 13.3. The summed E-state index contributed by atoms with van der Waals surface area (Å²) in [5, 5.41) is 3.82. The van der Waals surface area contributed by atoms with Gasteiger partial charge in [0, 0.05) is 22.1 Å². The number of hydrogen-bond donors (Lipinski definition) is 1. The van der Waals surface area contributed by atoms with Crippen molar-refractivity contribution in [3.8, 4) is 0 Å². The van der Waals surface area contributed by atoms with Crippen molar-refractivity contribution in [3.63, 3.8) is 0 Å². The van der Waals surface area contributed by atoms with E-state index in [9.17, 15) is 18.0 Å². The third kappa shape index (κ3) is 7.89. The number of nitrogens with one attached hydrogen (secondary N) is 1. The van der Waals surface area contributed by atoms with Gasteiger partial charge in [-0.25, -0.2) is 8.42 Å². The Morgan fingerprint density at radius 3 is 2.21 bits per heavy atom. The summed E-state index contributed by atoms with van der Waals surface area (Å²) in [6, 6.07) is 10.8. The monoisotopic (exact) mass is 527 g/mol. The maximum Gasteiger partial charge on any atom is 0.244 e. The molecule has 2 amide bonds. The summed E-state index contributed by atoms with van der Waals surface area (Å²) in [5.41, 5.74) is 1.15. The maximum atomic E-state index is 13.5. The lowest BCUT2D eigenvalue weighted by atomic mass is 10.1. The van der Waals surface area contributed by atoms with Crippen molar-refractivity contribution in [1.82, 2.24) is 10.2 Å². The second-order valence-corrected chi connectivity index (χ2v) is 12.0. The molecule has 1 N–H and O–H groups in total. The molecule has 2 rings (SSSR count). The predicted octanol–water partition coefficient (Wildman–Crippen LogP) is 4.40. The SMILES string of the molecule is Cc1cc(Cl)ccc1N(CC(=O)N(Cc1cccc(Cl)c1)C(C)C(=O)NC(C)(C)C)S(C)(=O)=O. The highest BCUT2D eigenvalue weighted by atomic mass is 35.5. The summed E-state index contributed by atoms with van der Waals surface area (Å²) in [7, 11) is -3.82. The average molecular weight is 529 g/mol. The van der Waals surface area contributed by atoms with Crippen LogP contribution in [0.5, 0.6) is 0 Å². The summed E-state index contributed by atoms with van der Waals surface area (Å²) < 4.78 is 26.3. The quantitative estimate of drug-likeness (QED) is 0.551. The van der Waals surface area contributed by atoms with Gasteiger partial charge in [0.15, 0.2) is 0 Å². The summed E-state index contributed by atoms with van der Waals surface area (Å²) in [4.78, 5) is 27.8. The van der Waals surface area contributed by atoms with E-state index in [1.165, 1.54) is 4.90 Å². The zero-order chi connectivity index (χ0) is 25.8. The van der Waals surface area contributed by atoms with Crippen LogP contribution in [0.15, 0.2) is 42.5 Å². The van der Waals surface area contributed by atoms with Crippen LogP contribution in [0, 0.1) is 6.92 Å². The van der Waals surface area contributed by atoms with Crippen LogP contribution in [0.1, 0.15) is 38.8 Å². The topological polar surface area (TPSA) is 86.8 Å². The van der Waals surface area contributed by atoms with Crippen LogP contribution < -0.4 is 9.62 Å². The number of rotatable bonds is 8. The van der Waals surface area contributed by atoms with Gasteiger partial charge in [0.1, 0.15) is 12.6 Å². The van der Waals surface area contributed by atoms with E-state index >= 15 is 0 Å². The third-order valence-corrected chi connectivity index (χ3v) is 6.61. The van der Waals surface area contributed by atoms with E-state index in [1.807, 2.05) is 20.8 Å². The molecule has 1 unspecified atom stereocenters. The number of halogens is 2. The van der Waals surface area contributed by atoms with Gasteiger partial charge in [-0.15, -0.1) is 0 Å². The van der Waals surface area contributed by atoms with E-state index in [2.05, 4.69) is 5.32 Å². The Hall–Kier alpha value is -2.29. The van der Waals surface area contributed by atoms with Crippen molar-refractivity contribution in [1.29, 1.82) is 0 Å². The predicted molar refractivity (Wildman–Crippen MR) is 138 cm³/mol. The standard InChI is InChI=1S/C24H31Cl2N3O4S/c1-16-12-20(26)10-11-21(16)29(34(6,32)33)15-22(30)28(14-18-8-7-9-19(25)13-18)17(2)23(31)27-24(3,4)5/h7-13,17H,14-15H2,1-6H3,(H,27,31). The fourth-order valence-corrected chi connectivity index (χ4v) is 4.73. The number of aryl methyl sites for hydroxylation is 1. The van der Waals surface area contributed by atoms with Crippen LogP contribution in [0.2, 0.25) is 10.0 Å². The van der Waals surface area contributed by atoms with Crippen molar-refractivity contribution in [2.24, 2.45) is 0 Å². The Balaban J connectivity index is 2.44. The Morgan fingerprint density at radius 2 is 1.68 bits per heavy atom. The molecule has 2 aromatic rings. The zero-order valence-corrected chi connectivity index (χ0v) is 22.6. The summed E-state index contributed by atoms with van der Waals surface area (Å²) >= 11 is 12.1. The molecule has 0 fully saturated rings. The minimum absolute atomic E-state index is 0.0787. The lowest BCUT2D eigenvalue weighted by Gasteiger charge is -2.33. The van der Waals surface area contributed by atoms with Crippen molar-refractivity contribution < 1.29 is 18.0 Å². The van der Waals surface area contributed by atoms with Gasteiger partial charge in [0.05, 0.1) is 11.9 Å². The van der Waals surface area contributed by atoms with E-state index in [0.29, 0.717) is 26.9 Å². The molecule has 0 aliphatic carbocycles. The van der Waals surface area contributed by atoms with Gasteiger partial charge >= 0.3 is 0 Å². The van der Waals surface area contributed by atoms with Gasteiger partial charge in [0.25, 0.3) is 0 Å². The molecule has 0 aliphatic rings. The van der Waals surface area contributed by atoms with Crippen molar-refractivity contribution >= 4 is 50.7 Å². The van der Waals surface area contributed by atoms with E-state index in [-0.39, 0.29) is 12.5 Å². The number of benzene rings is 2. The highest BCUT2D eigenvalue weighted by molar-refractivity contribution is 7.92. The van der Waals surface area contributed by atoms with Gasteiger partial charge in [-0.3, -0.25) is 13.9 Å². The van der Waals surface area contributed by atoms with Crippen molar-refractivity contribution in [3.05, 3.63) is 63.6 Å². The Bertz CT molecular complexity index is 1160. The third-order valence-electron chi connectivity index (χ3n) is 5.01. The second-order valence-electron chi connectivity index (χ2n) is 9.27. The molecule has 0 heterocycles. The zero-order valence-electron chi connectivity index (χ0n) is 20.2.